The van der Waals surface area contributed by atoms with Crippen LogP contribution in [0.2, 0.25) is 0 Å². The zero-order chi connectivity index (χ0) is 15.7. The van der Waals surface area contributed by atoms with Crippen molar-refractivity contribution >= 4 is 17.0 Å². The van der Waals surface area contributed by atoms with Crippen LogP contribution in [0.4, 0.5) is 0 Å². The zero-order valence-corrected chi connectivity index (χ0v) is 12.8. The van der Waals surface area contributed by atoms with Crippen molar-refractivity contribution in [2.45, 2.75) is 33.9 Å². The summed E-state index contributed by atoms with van der Waals surface area (Å²) in [5.41, 5.74) is 3.25. The number of aryl methyl sites for hydroxylation is 3. The predicted octanol–water partition coefficient (Wildman–Crippen LogP) is 1.99. The van der Waals surface area contributed by atoms with E-state index in [1.54, 1.807) is 19.2 Å². The molecule has 114 valence electrons. The van der Waals surface area contributed by atoms with E-state index in [9.17, 15) is 4.79 Å². The van der Waals surface area contributed by atoms with E-state index in [-0.39, 0.29) is 5.91 Å². The van der Waals surface area contributed by atoms with Crippen LogP contribution in [-0.2, 0) is 13.1 Å². The van der Waals surface area contributed by atoms with Crippen LogP contribution >= 0.6 is 0 Å². The van der Waals surface area contributed by atoms with Crippen molar-refractivity contribution in [1.82, 2.24) is 25.2 Å². The van der Waals surface area contributed by atoms with E-state index in [2.05, 4.69) is 20.6 Å². The summed E-state index contributed by atoms with van der Waals surface area (Å²) in [6, 6.07) is 3.64. The third-order valence-electron chi connectivity index (χ3n) is 3.52. The number of fused-ring (bicyclic) bond motifs is 1. The monoisotopic (exact) mass is 299 g/mol. The summed E-state index contributed by atoms with van der Waals surface area (Å²) in [7, 11) is 0. The first-order chi connectivity index (χ1) is 10.6. The van der Waals surface area contributed by atoms with Gasteiger partial charge in [-0.1, -0.05) is 5.16 Å². The lowest BCUT2D eigenvalue weighted by molar-refractivity contribution is 0.0951. The third kappa shape index (κ3) is 2.45. The Bertz CT molecular complexity index is 834. The molecule has 0 bridgehead atoms. The van der Waals surface area contributed by atoms with E-state index in [1.807, 2.05) is 24.6 Å². The molecule has 0 aliphatic carbocycles. The molecule has 0 fully saturated rings. The van der Waals surface area contributed by atoms with Crippen molar-refractivity contribution in [3.05, 3.63) is 41.0 Å². The fraction of sp³-hybridized carbons (Fsp3) is 0.333. The van der Waals surface area contributed by atoms with Gasteiger partial charge in [0.2, 0.25) is 0 Å². The molecule has 0 radical (unpaired) electrons. The molecule has 0 atom stereocenters. The Hall–Kier alpha value is -2.70. The summed E-state index contributed by atoms with van der Waals surface area (Å²) in [6.07, 6.45) is 1.73. The Labute approximate surface area is 127 Å². The molecule has 7 nitrogen and oxygen atoms in total. The van der Waals surface area contributed by atoms with E-state index in [0.717, 1.165) is 12.2 Å². The van der Waals surface area contributed by atoms with E-state index in [1.165, 1.54) is 0 Å². The molecule has 1 amide bonds. The number of carbonyl (C=O) groups excluding carboxylic acids is 1. The molecule has 0 aliphatic rings. The number of nitrogens with one attached hydrogen (secondary N) is 1. The summed E-state index contributed by atoms with van der Waals surface area (Å²) >= 11 is 0. The second-order valence-electron chi connectivity index (χ2n) is 5.08. The van der Waals surface area contributed by atoms with Crippen molar-refractivity contribution in [2.24, 2.45) is 0 Å². The van der Waals surface area contributed by atoms with Crippen LogP contribution in [0.25, 0.3) is 11.1 Å². The first-order valence-electron chi connectivity index (χ1n) is 7.12. The molecule has 22 heavy (non-hydrogen) atoms. The van der Waals surface area contributed by atoms with Crippen LogP contribution in [0.15, 0.2) is 22.9 Å². The van der Waals surface area contributed by atoms with Crippen LogP contribution in [0.5, 0.6) is 0 Å². The van der Waals surface area contributed by atoms with Gasteiger partial charge in [-0.3, -0.25) is 9.48 Å². The lowest BCUT2D eigenvalue weighted by Gasteiger charge is -2.08. The number of rotatable bonds is 4. The summed E-state index contributed by atoms with van der Waals surface area (Å²) in [5.74, 6) is -0.175. The number of hydrogen-bond acceptors (Lipinski definition) is 5. The van der Waals surface area contributed by atoms with E-state index in [4.69, 9.17) is 4.52 Å². The van der Waals surface area contributed by atoms with Crippen LogP contribution in [-0.4, -0.2) is 25.8 Å². The van der Waals surface area contributed by atoms with E-state index < -0.39 is 0 Å². The second-order valence-corrected chi connectivity index (χ2v) is 5.08. The molecule has 0 saturated carbocycles. The van der Waals surface area contributed by atoms with Crippen LogP contribution in [0.1, 0.15) is 34.4 Å². The Morgan fingerprint density at radius 1 is 1.41 bits per heavy atom. The largest absolute Gasteiger partial charge is 0.346 e. The maximum Gasteiger partial charge on any atom is 0.258 e. The van der Waals surface area contributed by atoms with Gasteiger partial charge in [0.15, 0.2) is 0 Å². The van der Waals surface area contributed by atoms with Gasteiger partial charge in [-0.25, -0.2) is 4.98 Å². The van der Waals surface area contributed by atoms with Gasteiger partial charge in [-0.2, -0.15) is 5.10 Å². The van der Waals surface area contributed by atoms with Gasteiger partial charge >= 0.3 is 0 Å². The minimum atomic E-state index is -0.175. The maximum atomic E-state index is 12.5. The molecule has 0 unspecified atom stereocenters. The molecule has 3 aromatic heterocycles. The van der Waals surface area contributed by atoms with Gasteiger partial charge in [0.05, 0.1) is 28.9 Å². The number of hydrogen-bond donors (Lipinski definition) is 1. The molecule has 0 spiro atoms. The highest BCUT2D eigenvalue weighted by atomic mass is 16.5. The van der Waals surface area contributed by atoms with Gasteiger partial charge in [0.25, 0.3) is 11.6 Å². The van der Waals surface area contributed by atoms with Crippen LogP contribution in [0.3, 0.4) is 0 Å². The number of aromatic nitrogens is 4. The fourth-order valence-electron chi connectivity index (χ4n) is 2.46. The Balaban J connectivity index is 1.88. The summed E-state index contributed by atoms with van der Waals surface area (Å²) in [4.78, 5) is 16.8. The molecule has 0 aliphatic heterocycles. The fourth-order valence-corrected chi connectivity index (χ4v) is 2.46. The lowest BCUT2D eigenvalue weighted by Crippen LogP contribution is -2.24. The highest BCUT2D eigenvalue weighted by Crippen LogP contribution is 2.21. The molecule has 0 aromatic carbocycles. The number of nitrogens with zero attached hydrogens (tertiary/aromatic N) is 4. The molecule has 3 aromatic rings. The lowest BCUT2D eigenvalue weighted by atomic mass is 10.1. The van der Waals surface area contributed by atoms with Gasteiger partial charge < -0.3 is 9.84 Å². The number of pyridine rings is 1. The van der Waals surface area contributed by atoms with Crippen molar-refractivity contribution < 1.29 is 9.32 Å². The third-order valence-corrected chi connectivity index (χ3v) is 3.52. The van der Waals surface area contributed by atoms with Gasteiger partial charge in [0, 0.05) is 18.4 Å². The van der Waals surface area contributed by atoms with Crippen molar-refractivity contribution in [2.75, 3.05) is 0 Å². The highest BCUT2D eigenvalue weighted by Gasteiger charge is 2.17. The molecular formula is C15H17N5O2. The first kappa shape index (κ1) is 14.2. The standard InChI is InChI=1S/C15H17N5O2/c1-4-20-11(5-6-17-20)8-16-14(21)12-7-9(2)18-15-13(12)10(3)19-22-15/h5-7H,4,8H2,1-3H3,(H,16,21). The summed E-state index contributed by atoms with van der Waals surface area (Å²) in [6.45, 7) is 6.81. The average molecular weight is 299 g/mol. The van der Waals surface area contributed by atoms with Gasteiger partial charge in [-0.15, -0.1) is 0 Å². The minimum Gasteiger partial charge on any atom is -0.346 e. The second kappa shape index (κ2) is 5.59. The predicted molar refractivity (Wildman–Crippen MR) is 80.3 cm³/mol. The van der Waals surface area contributed by atoms with Crippen molar-refractivity contribution in [3.63, 3.8) is 0 Å². The molecule has 0 saturated heterocycles. The molecule has 3 rings (SSSR count). The normalized spacial score (nSPS) is 11.0. The Kier molecular flexibility index (Phi) is 3.62. The van der Waals surface area contributed by atoms with E-state index >= 15 is 0 Å². The van der Waals surface area contributed by atoms with Crippen molar-refractivity contribution in [1.29, 1.82) is 0 Å². The maximum absolute atomic E-state index is 12.5. The Morgan fingerprint density at radius 3 is 3.00 bits per heavy atom. The number of amides is 1. The number of carbonyl (C=O) groups is 1. The molecular weight excluding hydrogens is 282 g/mol. The van der Waals surface area contributed by atoms with Gasteiger partial charge in [-0.05, 0) is 32.9 Å². The SMILES string of the molecule is CCn1nccc1CNC(=O)c1cc(C)nc2onc(C)c12. The van der Waals surface area contributed by atoms with Crippen LogP contribution in [0, 0.1) is 13.8 Å². The average Bonchev–Trinajstić information content (AvgIpc) is 3.10. The quantitative estimate of drug-likeness (QED) is 0.796. The zero-order valence-electron chi connectivity index (χ0n) is 12.8. The Morgan fingerprint density at radius 2 is 2.23 bits per heavy atom. The topological polar surface area (TPSA) is 85.8 Å². The highest BCUT2D eigenvalue weighted by molar-refractivity contribution is 6.05. The smallest absolute Gasteiger partial charge is 0.258 e. The molecule has 1 N–H and O–H groups in total. The molecule has 3 heterocycles. The van der Waals surface area contributed by atoms with E-state index in [0.29, 0.717) is 34.6 Å². The molecule has 7 heteroatoms. The first-order valence-corrected chi connectivity index (χ1v) is 7.12. The van der Waals surface area contributed by atoms with Crippen molar-refractivity contribution in [3.8, 4) is 0 Å². The minimum absolute atomic E-state index is 0.175. The summed E-state index contributed by atoms with van der Waals surface area (Å²) < 4.78 is 7.00. The summed E-state index contributed by atoms with van der Waals surface area (Å²) in [5, 5.41) is 11.6. The van der Waals surface area contributed by atoms with Crippen LogP contribution < -0.4 is 5.32 Å². The van der Waals surface area contributed by atoms with Gasteiger partial charge in [0.1, 0.15) is 0 Å².